The van der Waals surface area contributed by atoms with Gasteiger partial charge in [0.25, 0.3) is 0 Å². The third-order valence-electron chi connectivity index (χ3n) is 15.9. The van der Waals surface area contributed by atoms with Crippen LogP contribution in [0, 0.1) is 14.9 Å². The fourth-order valence-electron chi connectivity index (χ4n) is 11.3. The molecular formula is C71H122N2Pd. The van der Waals surface area contributed by atoms with E-state index in [1.807, 2.05) is 0 Å². The number of unbranched alkanes of at least 4 members (excludes halogenated alkanes) is 40. The summed E-state index contributed by atoms with van der Waals surface area (Å²) in [4.78, 5) is 0. The van der Waals surface area contributed by atoms with Gasteiger partial charge in [-0.1, -0.05) is 315 Å². The van der Waals surface area contributed by atoms with E-state index in [0.29, 0.717) is 0 Å². The van der Waals surface area contributed by atoms with E-state index in [1.165, 1.54) is 298 Å². The standard InChI is InChI=1S/C69H116N2.2CH3.Pd/c1-5-9-13-17-20-23-26-29-30-31-32-33-36-39-42-45-49-59-67-66(58-48-16-12-8-4)68(64-56-50-54-62(60-64)52-46-43-40-37-34-27-24-21-18-14-10-6-2)71(70)69(67)65-57-51-55-63(61-65)53-47-44-41-38-35-28-25-22-19-15-11-7-3;;;/h49-51,54-57,59-61H,5-48,52-53,58H2,1-4H3;2*1H3;/q;2*-1;+2. The van der Waals surface area contributed by atoms with Gasteiger partial charge in [0.2, 0.25) is 11.4 Å². The maximum absolute atomic E-state index is 12.6. The summed E-state index contributed by atoms with van der Waals surface area (Å²) in [6, 6.07) is 18.5. The fraction of sp³-hybridized carbons (Fsp3) is 0.718. The molecule has 3 rings (SSSR count). The second-order valence-electron chi connectivity index (χ2n) is 22.5. The van der Waals surface area contributed by atoms with Crippen molar-refractivity contribution in [3.8, 4) is 0 Å². The molecule has 2 aromatic rings. The number of rotatable bonds is 50. The summed E-state index contributed by atoms with van der Waals surface area (Å²) in [6.07, 6.45) is 68.2. The van der Waals surface area contributed by atoms with E-state index in [9.17, 15) is 5.53 Å². The summed E-state index contributed by atoms with van der Waals surface area (Å²) in [5.41, 5.74) is 22.3. The van der Waals surface area contributed by atoms with Crippen molar-refractivity contribution in [2.24, 2.45) is 0 Å². The van der Waals surface area contributed by atoms with Crippen LogP contribution >= 0.6 is 0 Å². The quantitative estimate of drug-likeness (QED) is 0.0273. The number of hydrogen-bond donors (Lipinski definition) is 0. The Balaban J connectivity index is 0.0000178. The smallest absolute Gasteiger partial charge is 0.493 e. The molecule has 426 valence electrons. The van der Waals surface area contributed by atoms with Gasteiger partial charge < -0.3 is 20.4 Å². The van der Waals surface area contributed by atoms with Gasteiger partial charge in [-0.3, -0.25) is 0 Å². The first kappa shape index (κ1) is 71.9. The van der Waals surface area contributed by atoms with E-state index in [0.717, 1.165) is 49.1 Å². The Hall–Kier alpha value is -2.08. The van der Waals surface area contributed by atoms with Crippen LogP contribution in [0.2, 0.25) is 0 Å². The summed E-state index contributed by atoms with van der Waals surface area (Å²) in [6.45, 7) is 9.24. The monoisotopic (exact) mass is 1110 g/mol. The summed E-state index contributed by atoms with van der Waals surface area (Å²) in [7, 11) is 0. The van der Waals surface area contributed by atoms with E-state index >= 15 is 0 Å². The third-order valence-corrected chi connectivity index (χ3v) is 15.9. The van der Waals surface area contributed by atoms with Gasteiger partial charge in [-0.2, -0.15) is 0 Å². The molecule has 2 aromatic carbocycles. The van der Waals surface area contributed by atoms with Crippen molar-refractivity contribution in [3.05, 3.63) is 114 Å². The van der Waals surface area contributed by atoms with Crippen LogP contribution in [0.4, 0.5) is 0 Å². The Kier molecular flexibility index (Phi) is 50.2. The summed E-state index contributed by atoms with van der Waals surface area (Å²) >= 11 is 0. The Morgan fingerprint density at radius 2 is 0.635 bits per heavy atom. The van der Waals surface area contributed by atoms with Gasteiger partial charge in [-0.05, 0) is 86.8 Å². The van der Waals surface area contributed by atoms with Crippen molar-refractivity contribution in [1.82, 2.24) is 0 Å². The van der Waals surface area contributed by atoms with Gasteiger partial charge in [0.1, 0.15) is 0 Å². The predicted molar refractivity (Wildman–Crippen MR) is 330 cm³/mol. The van der Waals surface area contributed by atoms with Crippen molar-refractivity contribution >= 4 is 11.4 Å². The molecule has 0 atom stereocenters. The minimum absolute atomic E-state index is 0. The SMILES string of the molecule is CCCCCCCCCCCCCCCCCC=CC1=C(c2cccc(CCCCCCCCCCCCCC)c2)[N+](=[N-])C(c2cccc(CCCCCCCCCCCCCC)c2)=C1CCCCCC.[CH3-].[CH3-].[Pd+2]. The molecule has 0 fully saturated rings. The van der Waals surface area contributed by atoms with Gasteiger partial charge in [0.15, 0.2) is 0 Å². The van der Waals surface area contributed by atoms with Crippen molar-refractivity contribution in [3.63, 3.8) is 0 Å². The van der Waals surface area contributed by atoms with Crippen LogP contribution in [-0.4, -0.2) is 4.70 Å². The zero-order chi connectivity index (χ0) is 50.5. The average molecular weight is 1110 g/mol. The fourth-order valence-corrected chi connectivity index (χ4v) is 11.3. The Labute approximate surface area is 477 Å². The van der Waals surface area contributed by atoms with Crippen molar-refractivity contribution in [2.45, 2.75) is 329 Å². The van der Waals surface area contributed by atoms with E-state index in [1.54, 1.807) is 4.70 Å². The molecule has 1 aliphatic rings. The summed E-state index contributed by atoms with van der Waals surface area (Å²) < 4.78 is 1.62. The van der Waals surface area contributed by atoms with Gasteiger partial charge in [-0.25, -0.2) is 4.70 Å². The van der Waals surface area contributed by atoms with Crippen molar-refractivity contribution in [1.29, 1.82) is 0 Å². The minimum atomic E-state index is 0. The Bertz CT molecular complexity index is 1680. The maximum atomic E-state index is 12.6. The first-order chi connectivity index (χ1) is 35.1. The number of benzene rings is 2. The molecule has 0 radical (unpaired) electrons. The Morgan fingerprint density at radius 3 is 0.986 bits per heavy atom. The number of allylic oxidation sites excluding steroid dienone is 4. The Morgan fingerprint density at radius 1 is 0.351 bits per heavy atom. The van der Waals surface area contributed by atoms with Gasteiger partial charge in [0.05, 0.1) is 5.57 Å². The van der Waals surface area contributed by atoms with E-state index in [-0.39, 0.29) is 35.3 Å². The molecule has 0 unspecified atom stereocenters. The van der Waals surface area contributed by atoms with Crippen molar-refractivity contribution in [2.75, 3.05) is 0 Å². The number of nitrogens with zero attached hydrogens (tertiary/aromatic N) is 2. The van der Waals surface area contributed by atoms with Crippen LogP contribution in [0.15, 0.2) is 71.8 Å². The zero-order valence-electron chi connectivity index (χ0n) is 50.2. The van der Waals surface area contributed by atoms with Crippen LogP contribution in [0.3, 0.4) is 0 Å². The molecule has 0 N–H and O–H groups in total. The molecule has 0 aliphatic carbocycles. The maximum Gasteiger partial charge on any atom is 2.00 e. The predicted octanol–water partition coefficient (Wildman–Crippen LogP) is 25.0. The molecule has 0 aromatic heterocycles. The first-order valence-corrected chi connectivity index (χ1v) is 32.0. The van der Waals surface area contributed by atoms with Crippen molar-refractivity contribution < 1.29 is 25.1 Å². The topological polar surface area (TPSA) is 25.3 Å². The molecule has 3 heteroatoms. The second kappa shape index (κ2) is 51.7. The van der Waals surface area contributed by atoms with Gasteiger partial charge in [-0.15, -0.1) is 0 Å². The molecule has 0 saturated heterocycles. The van der Waals surface area contributed by atoms with Crippen LogP contribution < -0.4 is 0 Å². The first-order valence-electron chi connectivity index (χ1n) is 32.0. The molecule has 0 amide bonds. The van der Waals surface area contributed by atoms with Gasteiger partial charge >= 0.3 is 20.4 Å². The number of hydrogen-bond acceptors (Lipinski definition) is 0. The summed E-state index contributed by atoms with van der Waals surface area (Å²) in [5, 5.41) is 0. The van der Waals surface area contributed by atoms with Crippen LogP contribution in [-0.2, 0) is 33.3 Å². The van der Waals surface area contributed by atoms with Crippen LogP contribution in [0.5, 0.6) is 0 Å². The molecule has 0 spiro atoms. The van der Waals surface area contributed by atoms with Crippen LogP contribution in [0.1, 0.15) is 339 Å². The molecule has 2 nitrogen and oxygen atoms in total. The largest absolute Gasteiger partial charge is 2.00 e. The zero-order valence-corrected chi connectivity index (χ0v) is 51.8. The van der Waals surface area contributed by atoms with Gasteiger partial charge in [0, 0.05) is 16.7 Å². The minimum Gasteiger partial charge on any atom is -0.493 e. The molecule has 74 heavy (non-hydrogen) atoms. The van der Waals surface area contributed by atoms with E-state index in [4.69, 9.17) is 0 Å². The molecule has 1 aliphatic heterocycles. The normalized spacial score (nSPS) is 12.5. The van der Waals surface area contributed by atoms with E-state index < -0.39 is 0 Å². The average Bonchev–Trinajstić information content (AvgIpc) is 3.66. The molecular weight excluding hydrogens is 987 g/mol. The second-order valence-corrected chi connectivity index (χ2v) is 22.5. The molecule has 0 bridgehead atoms. The summed E-state index contributed by atoms with van der Waals surface area (Å²) in [5.74, 6) is 0. The molecule has 1 heterocycles. The third kappa shape index (κ3) is 33.9. The van der Waals surface area contributed by atoms with E-state index in [2.05, 4.69) is 88.4 Å². The number of aryl methyl sites for hydroxylation is 2. The molecule has 0 saturated carbocycles. The van der Waals surface area contributed by atoms with Crippen LogP contribution in [0.25, 0.3) is 16.9 Å².